The molecule has 7 nitrogen and oxygen atoms in total. The van der Waals surface area contributed by atoms with Crippen LogP contribution in [0.25, 0.3) is 0 Å². The molecular formula is C19H25N3O4S. The van der Waals surface area contributed by atoms with E-state index in [9.17, 15) is 18.0 Å². The maximum Gasteiger partial charge on any atom is 0.243 e. The molecule has 146 valence electrons. The third kappa shape index (κ3) is 3.14. The smallest absolute Gasteiger partial charge is 0.243 e. The third-order valence-electron chi connectivity index (χ3n) is 5.72. The molecule has 27 heavy (non-hydrogen) atoms. The van der Waals surface area contributed by atoms with E-state index >= 15 is 0 Å². The molecule has 0 unspecified atom stereocenters. The summed E-state index contributed by atoms with van der Waals surface area (Å²) < 4.78 is 27.8. The normalized spacial score (nSPS) is 20.1. The molecule has 0 aliphatic carbocycles. The lowest BCUT2D eigenvalue weighted by atomic mass is 10.00. The monoisotopic (exact) mass is 391 g/mol. The number of anilines is 1. The number of amides is 2. The quantitative estimate of drug-likeness (QED) is 0.772. The number of hydrogen-bond donors (Lipinski definition) is 0. The first-order valence-electron chi connectivity index (χ1n) is 9.66. The Morgan fingerprint density at radius 1 is 1.00 bits per heavy atom. The van der Waals surface area contributed by atoms with Gasteiger partial charge >= 0.3 is 0 Å². The Balaban J connectivity index is 1.56. The van der Waals surface area contributed by atoms with Crippen molar-refractivity contribution in [1.82, 2.24) is 9.21 Å². The van der Waals surface area contributed by atoms with Gasteiger partial charge in [-0.3, -0.25) is 9.59 Å². The second kappa shape index (κ2) is 6.91. The van der Waals surface area contributed by atoms with Crippen LogP contribution in [0.1, 0.15) is 37.3 Å². The first-order valence-corrected chi connectivity index (χ1v) is 11.1. The summed E-state index contributed by atoms with van der Waals surface area (Å²) in [6.07, 6.45) is 3.05. The number of carbonyl (C=O) groups is 2. The highest BCUT2D eigenvalue weighted by Crippen LogP contribution is 2.38. The van der Waals surface area contributed by atoms with Crippen molar-refractivity contribution in [2.45, 2.75) is 43.9 Å². The average molecular weight is 391 g/mol. The number of benzene rings is 1. The van der Waals surface area contributed by atoms with Crippen molar-refractivity contribution in [2.24, 2.45) is 0 Å². The van der Waals surface area contributed by atoms with E-state index in [0.29, 0.717) is 63.3 Å². The van der Waals surface area contributed by atoms with Gasteiger partial charge in [-0.2, -0.15) is 4.31 Å². The van der Waals surface area contributed by atoms with E-state index in [0.717, 1.165) is 23.2 Å². The average Bonchev–Trinajstić information content (AvgIpc) is 3.10. The maximum atomic E-state index is 13.2. The van der Waals surface area contributed by atoms with Crippen molar-refractivity contribution in [1.29, 1.82) is 0 Å². The van der Waals surface area contributed by atoms with Crippen molar-refractivity contribution in [2.75, 3.05) is 37.6 Å². The zero-order chi connectivity index (χ0) is 19.2. The van der Waals surface area contributed by atoms with Crippen LogP contribution in [0.15, 0.2) is 17.0 Å². The van der Waals surface area contributed by atoms with Gasteiger partial charge in [0.05, 0.1) is 10.6 Å². The zero-order valence-corrected chi connectivity index (χ0v) is 16.4. The molecule has 4 rings (SSSR count). The van der Waals surface area contributed by atoms with Crippen molar-refractivity contribution in [3.63, 3.8) is 0 Å². The molecule has 1 aromatic carbocycles. The van der Waals surface area contributed by atoms with E-state index in [1.165, 1.54) is 4.31 Å². The summed E-state index contributed by atoms with van der Waals surface area (Å²) in [5, 5.41) is 0. The number of aryl methyl sites for hydroxylation is 1. The van der Waals surface area contributed by atoms with Crippen LogP contribution in [0.2, 0.25) is 0 Å². The van der Waals surface area contributed by atoms with Gasteiger partial charge in [-0.05, 0) is 42.5 Å². The van der Waals surface area contributed by atoms with Gasteiger partial charge in [0, 0.05) is 45.6 Å². The van der Waals surface area contributed by atoms with Crippen molar-refractivity contribution in [3.05, 3.63) is 23.3 Å². The van der Waals surface area contributed by atoms with E-state index in [1.807, 2.05) is 6.92 Å². The van der Waals surface area contributed by atoms with E-state index in [-0.39, 0.29) is 11.8 Å². The highest BCUT2D eigenvalue weighted by Gasteiger charge is 2.35. The Labute approximate surface area is 160 Å². The molecule has 1 aromatic rings. The minimum atomic E-state index is -3.59. The van der Waals surface area contributed by atoms with Crippen LogP contribution >= 0.6 is 0 Å². The van der Waals surface area contributed by atoms with Gasteiger partial charge in [0.2, 0.25) is 21.8 Å². The van der Waals surface area contributed by atoms with Gasteiger partial charge in [-0.1, -0.05) is 6.92 Å². The van der Waals surface area contributed by atoms with Crippen LogP contribution in [-0.2, 0) is 32.5 Å². The second-order valence-electron chi connectivity index (χ2n) is 7.42. The zero-order valence-electron chi connectivity index (χ0n) is 15.6. The molecular weight excluding hydrogens is 366 g/mol. The summed E-state index contributed by atoms with van der Waals surface area (Å²) in [6.45, 7) is 4.15. The Morgan fingerprint density at radius 3 is 2.33 bits per heavy atom. The summed E-state index contributed by atoms with van der Waals surface area (Å²) in [5.41, 5.74) is 2.84. The fraction of sp³-hybridized carbons (Fsp3) is 0.579. The number of sulfonamides is 1. The molecule has 1 fully saturated rings. The topological polar surface area (TPSA) is 78.0 Å². The van der Waals surface area contributed by atoms with Gasteiger partial charge in [0.25, 0.3) is 0 Å². The van der Waals surface area contributed by atoms with E-state index < -0.39 is 10.0 Å². The van der Waals surface area contributed by atoms with Crippen molar-refractivity contribution in [3.8, 4) is 0 Å². The largest absolute Gasteiger partial charge is 0.340 e. The van der Waals surface area contributed by atoms with Gasteiger partial charge in [-0.15, -0.1) is 0 Å². The minimum Gasteiger partial charge on any atom is -0.340 e. The summed E-state index contributed by atoms with van der Waals surface area (Å²) in [5.74, 6) is 0.228. The fourth-order valence-corrected chi connectivity index (χ4v) is 5.80. The Bertz CT molecular complexity index is 888. The SMILES string of the molecule is CCCC(=O)N1CCN(S(=O)(=O)c2cc3c4c(c2)CCN4C(=O)CC3)CC1. The number of carbonyl (C=O) groups excluding carboxylic acids is 2. The van der Waals surface area contributed by atoms with E-state index in [1.54, 1.807) is 21.9 Å². The molecule has 0 spiro atoms. The molecule has 0 N–H and O–H groups in total. The van der Waals surface area contributed by atoms with Crippen molar-refractivity contribution >= 4 is 27.5 Å². The Kier molecular flexibility index (Phi) is 4.71. The lowest BCUT2D eigenvalue weighted by Gasteiger charge is -2.34. The number of piperazine rings is 1. The summed E-state index contributed by atoms with van der Waals surface area (Å²) in [4.78, 5) is 27.9. The number of hydrogen-bond acceptors (Lipinski definition) is 4. The fourth-order valence-electron chi connectivity index (χ4n) is 4.27. The highest BCUT2D eigenvalue weighted by molar-refractivity contribution is 7.89. The molecule has 0 aromatic heterocycles. The molecule has 0 saturated carbocycles. The standard InChI is InChI=1S/C19H25N3O4S/c1-2-3-17(23)20-8-10-21(11-9-20)27(25,26)16-12-14-4-5-18(24)22-7-6-15(13-16)19(14)22/h12-13H,2-11H2,1H3. The van der Waals surface area contributed by atoms with Crippen molar-refractivity contribution < 1.29 is 18.0 Å². The van der Waals surface area contributed by atoms with Crippen LogP contribution < -0.4 is 4.90 Å². The Morgan fingerprint density at radius 2 is 1.67 bits per heavy atom. The molecule has 3 heterocycles. The summed E-state index contributed by atoms with van der Waals surface area (Å²) in [6, 6.07) is 3.48. The van der Waals surface area contributed by atoms with Crippen LogP contribution in [0.3, 0.4) is 0 Å². The maximum absolute atomic E-state index is 13.2. The summed E-state index contributed by atoms with van der Waals surface area (Å²) >= 11 is 0. The van der Waals surface area contributed by atoms with Crippen LogP contribution in [-0.4, -0.2) is 62.2 Å². The van der Waals surface area contributed by atoms with Gasteiger partial charge in [0.1, 0.15) is 0 Å². The molecule has 0 bridgehead atoms. The molecule has 2 amide bonds. The van der Waals surface area contributed by atoms with Gasteiger partial charge in [-0.25, -0.2) is 8.42 Å². The lowest BCUT2D eigenvalue weighted by Crippen LogP contribution is -2.50. The predicted molar refractivity (Wildman–Crippen MR) is 101 cm³/mol. The van der Waals surface area contributed by atoms with Crippen LogP contribution in [0.5, 0.6) is 0 Å². The van der Waals surface area contributed by atoms with Crippen LogP contribution in [0, 0.1) is 0 Å². The second-order valence-corrected chi connectivity index (χ2v) is 9.36. The third-order valence-corrected chi connectivity index (χ3v) is 7.59. The molecule has 1 saturated heterocycles. The summed E-state index contributed by atoms with van der Waals surface area (Å²) in [7, 11) is -3.59. The first-order chi connectivity index (χ1) is 12.9. The number of rotatable bonds is 4. The van der Waals surface area contributed by atoms with Gasteiger partial charge < -0.3 is 9.80 Å². The molecule has 0 radical (unpaired) electrons. The van der Waals surface area contributed by atoms with E-state index in [4.69, 9.17) is 0 Å². The number of nitrogens with zero attached hydrogens (tertiary/aromatic N) is 3. The highest BCUT2D eigenvalue weighted by atomic mass is 32.2. The minimum absolute atomic E-state index is 0.0984. The van der Waals surface area contributed by atoms with E-state index in [2.05, 4.69) is 0 Å². The van der Waals surface area contributed by atoms with Crippen LogP contribution in [0.4, 0.5) is 5.69 Å². The Hall–Kier alpha value is -1.93. The molecule has 3 aliphatic heterocycles. The molecule has 3 aliphatic rings. The van der Waals surface area contributed by atoms with Gasteiger partial charge in [0.15, 0.2) is 0 Å². The predicted octanol–water partition coefficient (Wildman–Crippen LogP) is 1.15. The molecule has 0 atom stereocenters. The lowest BCUT2D eigenvalue weighted by molar-refractivity contribution is -0.132. The first kappa shape index (κ1) is 18.4. The molecule has 8 heteroatoms.